The van der Waals surface area contributed by atoms with Crippen molar-refractivity contribution in [1.82, 2.24) is 4.57 Å². The van der Waals surface area contributed by atoms with Gasteiger partial charge in [0, 0.05) is 11.1 Å². The Morgan fingerprint density at radius 3 is 2.41 bits per heavy atom. The highest BCUT2D eigenvalue weighted by atomic mass is 35.5. The van der Waals surface area contributed by atoms with Crippen molar-refractivity contribution in [2.24, 2.45) is 4.99 Å². The normalized spacial score (nSPS) is 14.4. The number of carbonyl (C=O) groups excluding carboxylic acids is 1. The predicted octanol–water partition coefficient (Wildman–Crippen LogP) is 7.95. The fraction of sp³-hybridized carbons (Fsp3) is 0.205. The van der Waals surface area contributed by atoms with E-state index >= 15 is 0 Å². The molecule has 0 amide bonds. The average molecular weight is 714 g/mol. The minimum atomic E-state index is -0.774. The Hall–Kier alpha value is -4.63. The van der Waals surface area contributed by atoms with Crippen molar-refractivity contribution in [2.45, 2.75) is 39.3 Å². The highest BCUT2D eigenvalue weighted by molar-refractivity contribution is 7.07. The quantitative estimate of drug-likeness (QED) is 0.137. The SMILES string of the molecule is CCOC(=O)C1=C(c2ccccc2)N=c2s/c(=C\c3cccc(OC)c3OCc3ccc(Cl)c(Cl)c3)c(=O)n2[C@@H]1c1ccc(C(C)C)cc1. The second-order valence-corrected chi connectivity index (χ2v) is 13.5. The Kier molecular flexibility index (Phi) is 10.4. The number of thiazole rings is 1. The molecule has 5 aromatic rings. The second kappa shape index (κ2) is 14.9. The molecule has 0 N–H and O–H groups in total. The number of nitrogens with zero attached hydrogens (tertiary/aromatic N) is 2. The minimum Gasteiger partial charge on any atom is -0.493 e. The van der Waals surface area contributed by atoms with Crippen LogP contribution in [0.25, 0.3) is 11.8 Å². The smallest absolute Gasteiger partial charge is 0.338 e. The van der Waals surface area contributed by atoms with Crippen LogP contribution in [0.5, 0.6) is 11.5 Å². The van der Waals surface area contributed by atoms with Crippen LogP contribution >= 0.6 is 34.5 Å². The lowest BCUT2D eigenvalue weighted by Gasteiger charge is -2.26. The predicted molar refractivity (Wildman–Crippen MR) is 195 cm³/mol. The highest BCUT2D eigenvalue weighted by Gasteiger charge is 2.35. The van der Waals surface area contributed by atoms with Gasteiger partial charge in [0.1, 0.15) is 6.61 Å². The van der Waals surface area contributed by atoms with Gasteiger partial charge < -0.3 is 14.2 Å². The molecular formula is C39H34Cl2N2O5S. The summed E-state index contributed by atoms with van der Waals surface area (Å²) in [6.45, 7) is 6.37. The fourth-order valence-electron chi connectivity index (χ4n) is 5.71. The van der Waals surface area contributed by atoms with E-state index in [1.165, 1.54) is 11.3 Å². The van der Waals surface area contributed by atoms with Gasteiger partial charge in [0.2, 0.25) is 0 Å². The fourth-order valence-corrected chi connectivity index (χ4v) is 7.02. The maximum absolute atomic E-state index is 14.5. The summed E-state index contributed by atoms with van der Waals surface area (Å²) in [4.78, 5) is 33.7. The Morgan fingerprint density at radius 1 is 0.980 bits per heavy atom. The second-order valence-electron chi connectivity index (χ2n) is 11.7. The number of para-hydroxylation sites is 1. The molecule has 6 rings (SSSR count). The van der Waals surface area contributed by atoms with Crippen molar-refractivity contribution >= 4 is 52.3 Å². The molecule has 0 spiro atoms. The van der Waals surface area contributed by atoms with Gasteiger partial charge in [0.05, 0.1) is 45.6 Å². The molecule has 0 fully saturated rings. The summed E-state index contributed by atoms with van der Waals surface area (Å²) in [6.07, 6.45) is 1.77. The molecule has 10 heteroatoms. The summed E-state index contributed by atoms with van der Waals surface area (Å²) >= 11 is 13.6. The van der Waals surface area contributed by atoms with Crippen molar-refractivity contribution in [3.63, 3.8) is 0 Å². The lowest BCUT2D eigenvalue weighted by molar-refractivity contribution is -0.138. The first-order valence-electron chi connectivity index (χ1n) is 15.8. The van der Waals surface area contributed by atoms with E-state index in [0.29, 0.717) is 53.6 Å². The number of ether oxygens (including phenoxy) is 3. The maximum atomic E-state index is 14.5. The molecule has 250 valence electrons. The van der Waals surface area contributed by atoms with Crippen LogP contribution in [0.2, 0.25) is 10.0 Å². The van der Waals surface area contributed by atoms with Crippen LogP contribution < -0.4 is 24.4 Å². The molecule has 4 aromatic carbocycles. The first-order chi connectivity index (χ1) is 23.7. The lowest BCUT2D eigenvalue weighted by atomic mass is 9.91. The summed E-state index contributed by atoms with van der Waals surface area (Å²) in [5.74, 6) is 0.746. The number of fused-ring (bicyclic) bond motifs is 1. The van der Waals surface area contributed by atoms with E-state index in [-0.39, 0.29) is 18.8 Å². The van der Waals surface area contributed by atoms with Crippen LogP contribution in [0.3, 0.4) is 0 Å². The Labute approximate surface area is 298 Å². The number of hydrogen-bond acceptors (Lipinski definition) is 7. The van der Waals surface area contributed by atoms with Crippen molar-refractivity contribution < 1.29 is 19.0 Å². The van der Waals surface area contributed by atoms with Gasteiger partial charge in [-0.05, 0) is 53.8 Å². The van der Waals surface area contributed by atoms with Gasteiger partial charge in [-0.15, -0.1) is 0 Å². The molecule has 0 saturated heterocycles. The van der Waals surface area contributed by atoms with Crippen molar-refractivity contribution in [3.8, 4) is 11.5 Å². The van der Waals surface area contributed by atoms with Gasteiger partial charge in [0.15, 0.2) is 16.3 Å². The van der Waals surface area contributed by atoms with Crippen molar-refractivity contribution in [1.29, 1.82) is 0 Å². The molecule has 1 atom stereocenters. The zero-order valence-electron chi connectivity index (χ0n) is 27.4. The highest BCUT2D eigenvalue weighted by Crippen LogP contribution is 2.36. The molecule has 0 radical (unpaired) electrons. The maximum Gasteiger partial charge on any atom is 0.338 e. The third kappa shape index (κ3) is 7.08. The number of esters is 1. The van der Waals surface area contributed by atoms with Gasteiger partial charge in [-0.1, -0.05) is 121 Å². The average Bonchev–Trinajstić information content (AvgIpc) is 3.42. The summed E-state index contributed by atoms with van der Waals surface area (Å²) in [7, 11) is 1.56. The van der Waals surface area contributed by atoms with E-state index in [4.69, 9.17) is 42.4 Å². The zero-order chi connectivity index (χ0) is 34.7. The largest absolute Gasteiger partial charge is 0.493 e. The van der Waals surface area contributed by atoms with Crippen molar-refractivity contribution in [3.05, 3.63) is 154 Å². The van der Waals surface area contributed by atoms with E-state index in [2.05, 4.69) is 13.8 Å². The third-order valence-electron chi connectivity index (χ3n) is 8.18. The Morgan fingerprint density at radius 2 is 1.73 bits per heavy atom. The van der Waals surface area contributed by atoms with E-state index in [1.54, 1.807) is 42.9 Å². The topological polar surface area (TPSA) is 79.1 Å². The van der Waals surface area contributed by atoms with Gasteiger partial charge in [0.25, 0.3) is 5.56 Å². The number of methoxy groups -OCH3 is 1. The van der Waals surface area contributed by atoms with Gasteiger partial charge in [-0.25, -0.2) is 9.79 Å². The number of carbonyl (C=O) groups is 1. The molecule has 1 aliphatic heterocycles. The number of benzene rings is 4. The number of rotatable bonds is 10. The molecule has 0 saturated carbocycles. The molecule has 0 unspecified atom stereocenters. The van der Waals surface area contributed by atoms with Gasteiger partial charge in [-0.3, -0.25) is 9.36 Å². The molecule has 1 aliphatic rings. The van der Waals surface area contributed by atoms with Crippen molar-refractivity contribution in [2.75, 3.05) is 13.7 Å². The van der Waals surface area contributed by atoms with Crippen LogP contribution in [0.15, 0.2) is 106 Å². The van der Waals surface area contributed by atoms with Crippen LogP contribution in [-0.2, 0) is 16.1 Å². The number of halogens is 2. The summed E-state index contributed by atoms with van der Waals surface area (Å²) < 4.78 is 19.5. The number of aromatic nitrogens is 1. The van der Waals surface area contributed by atoms with E-state index < -0.39 is 12.0 Å². The molecule has 2 heterocycles. The molecule has 0 aliphatic carbocycles. The first-order valence-corrected chi connectivity index (χ1v) is 17.4. The van der Waals surface area contributed by atoms with E-state index in [9.17, 15) is 9.59 Å². The molecule has 1 aromatic heterocycles. The Bertz CT molecular complexity index is 2220. The van der Waals surface area contributed by atoms with E-state index in [0.717, 1.165) is 22.3 Å². The zero-order valence-corrected chi connectivity index (χ0v) is 29.7. The first kappa shape index (κ1) is 34.2. The standard InChI is InChI=1S/C39H34Cl2N2O5S/c1-5-47-38(45)33-34(26-10-7-6-8-11-26)42-39-43(35(33)27-17-15-25(16-18-27)23(2)3)37(44)32(49-39)21-28-12-9-13-31(46-4)36(28)48-22-24-14-19-29(40)30(41)20-24/h6-21,23,35H,5,22H2,1-4H3/b32-21-/t35-/m1/s1. The summed E-state index contributed by atoms with van der Waals surface area (Å²) in [6, 6.07) is 27.5. The third-order valence-corrected chi connectivity index (χ3v) is 9.90. The van der Waals surface area contributed by atoms with Crippen LogP contribution in [-0.4, -0.2) is 24.3 Å². The summed E-state index contributed by atoms with van der Waals surface area (Å²) in [5, 5.41) is 0.879. The van der Waals surface area contributed by atoms with Gasteiger partial charge in [-0.2, -0.15) is 0 Å². The van der Waals surface area contributed by atoms with Gasteiger partial charge >= 0.3 is 5.97 Å². The van der Waals surface area contributed by atoms with Crippen LogP contribution in [0.1, 0.15) is 60.5 Å². The summed E-state index contributed by atoms with van der Waals surface area (Å²) in [5.41, 5.74) is 4.59. The molecule has 0 bridgehead atoms. The van der Waals surface area contributed by atoms with Crippen LogP contribution in [0.4, 0.5) is 0 Å². The van der Waals surface area contributed by atoms with Crippen LogP contribution in [0, 0.1) is 0 Å². The molecule has 7 nitrogen and oxygen atoms in total. The number of hydrogen-bond donors (Lipinski definition) is 0. The Balaban J connectivity index is 1.54. The minimum absolute atomic E-state index is 0.175. The molecular weight excluding hydrogens is 679 g/mol. The van der Waals surface area contributed by atoms with E-state index in [1.807, 2.05) is 72.8 Å². The molecule has 49 heavy (non-hydrogen) atoms. The lowest BCUT2D eigenvalue weighted by Crippen LogP contribution is -2.40. The monoisotopic (exact) mass is 712 g/mol.